The second kappa shape index (κ2) is 7.60. The number of benzene rings is 1. The predicted molar refractivity (Wildman–Crippen MR) is 96.2 cm³/mol. The molecule has 0 radical (unpaired) electrons. The van der Waals surface area contributed by atoms with Crippen LogP contribution in [-0.2, 0) is 16.7 Å². The van der Waals surface area contributed by atoms with Gasteiger partial charge in [-0.2, -0.15) is 13.4 Å². The summed E-state index contributed by atoms with van der Waals surface area (Å²) in [6, 6.07) is 7.81. The van der Waals surface area contributed by atoms with Crippen LogP contribution in [0.2, 0.25) is 0 Å². The number of nitrogens with zero attached hydrogens (tertiary/aromatic N) is 3. The third kappa shape index (κ3) is 5.48. The van der Waals surface area contributed by atoms with Gasteiger partial charge in [0.1, 0.15) is 5.66 Å². The summed E-state index contributed by atoms with van der Waals surface area (Å²) in [5.74, 6) is 0.331. The molecule has 0 fully saturated rings. The average Bonchev–Trinajstić information content (AvgIpc) is 2.45. The van der Waals surface area contributed by atoms with Crippen molar-refractivity contribution in [1.29, 1.82) is 0 Å². The molecule has 2 rings (SSSR count). The van der Waals surface area contributed by atoms with E-state index in [4.69, 9.17) is 21.8 Å². The van der Waals surface area contributed by atoms with Gasteiger partial charge in [-0.3, -0.25) is 9.45 Å². The normalized spacial score (nSPS) is 16.6. The van der Waals surface area contributed by atoms with Crippen molar-refractivity contribution in [3.63, 3.8) is 0 Å². The van der Waals surface area contributed by atoms with Gasteiger partial charge in [0.2, 0.25) is 11.9 Å². The van der Waals surface area contributed by atoms with Crippen molar-refractivity contribution in [2.45, 2.75) is 33.0 Å². The molecule has 134 valence electrons. The molecule has 7 N–H and O–H groups in total. The molecular weight excluding hydrogens is 332 g/mol. The second-order valence-electron chi connectivity index (χ2n) is 5.51. The van der Waals surface area contributed by atoms with E-state index in [1.54, 1.807) is 0 Å². The van der Waals surface area contributed by atoms with Gasteiger partial charge in [-0.1, -0.05) is 12.1 Å². The Labute approximate surface area is 142 Å². The summed E-state index contributed by atoms with van der Waals surface area (Å²) >= 11 is 0. The summed E-state index contributed by atoms with van der Waals surface area (Å²) in [6.45, 7) is 5.70. The first kappa shape index (κ1) is 19.9. The number of hydrogen-bond donors (Lipinski definition) is 4. The van der Waals surface area contributed by atoms with E-state index >= 15 is 0 Å². The van der Waals surface area contributed by atoms with Gasteiger partial charge in [0.05, 0.1) is 5.75 Å². The molecule has 0 spiro atoms. The van der Waals surface area contributed by atoms with Crippen molar-refractivity contribution in [2.75, 3.05) is 10.7 Å². The van der Waals surface area contributed by atoms with Crippen LogP contribution in [0.25, 0.3) is 0 Å². The summed E-state index contributed by atoms with van der Waals surface area (Å²) in [5, 5.41) is 0. The summed E-state index contributed by atoms with van der Waals surface area (Å²) in [5.41, 5.74) is 18.6. The Balaban J connectivity index is 0.000000413. The Bertz CT molecular complexity index is 743. The molecule has 9 nitrogen and oxygen atoms in total. The zero-order valence-electron chi connectivity index (χ0n) is 14.0. The highest BCUT2D eigenvalue weighted by Gasteiger charge is 2.32. The summed E-state index contributed by atoms with van der Waals surface area (Å²) in [4.78, 5) is 10.1. The predicted octanol–water partition coefficient (Wildman–Crippen LogP) is 0.225. The van der Waals surface area contributed by atoms with Crippen LogP contribution in [0.3, 0.4) is 0 Å². The first-order chi connectivity index (χ1) is 11.0. The van der Waals surface area contributed by atoms with Gasteiger partial charge in [0, 0.05) is 12.2 Å². The highest BCUT2D eigenvalue weighted by molar-refractivity contribution is 7.85. The lowest BCUT2D eigenvalue weighted by Crippen LogP contribution is -2.54. The quantitative estimate of drug-likeness (QED) is 0.563. The van der Waals surface area contributed by atoms with Gasteiger partial charge in [0.25, 0.3) is 10.1 Å². The van der Waals surface area contributed by atoms with Gasteiger partial charge >= 0.3 is 0 Å². The molecule has 1 aromatic carbocycles. The Hall–Kier alpha value is -2.17. The topological polar surface area (TPSA) is 160 Å². The van der Waals surface area contributed by atoms with E-state index in [-0.39, 0.29) is 11.7 Å². The van der Waals surface area contributed by atoms with Crippen molar-refractivity contribution in [3.8, 4) is 0 Å². The molecule has 0 bridgehead atoms. The Kier molecular flexibility index (Phi) is 6.29. The van der Waals surface area contributed by atoms with E-state index in [1.165, 1.54) is 6.92 Å². The fraction of sp³-hybridized carbons (Fsp3) is 0.429. The highest BCUT2D eigenvalue weighted by Crippen LogP contribution is 2.27. The van der Waals surface area contributed by atoms with E-state index in [0.717, 1.165) is 11.3 Å². The molecule has 0 aliphatic carbocycles. The van der Waals surface area contributed by atoms with Crippen LogP contribution >= 0.6 is 0 Å². The summed E-state index contributed by atoms with van der Waals surface area (Å²) in [7, 11) is -3.66. The van der Waals surface area contributed by atoms with Crippen molar-refractivity contribution >= 4 is 27.7 Å². The maximum atomic E-state index is 9.56. The van der Waals surface area contributed by atoms with Crippen molar-refractivity contribution < 1.29 is 13.0 Å². The molecular formula is C14H24N6O3S. The fourth-order valence-electron chi connectivity index (χ4n) is 2.07. The summed E-state index contributed by atoms with van der Waals surface area (Å²) in [6.07, 6.45) is 0. The number of hydrogen-bond acceptors (Lipinski definition) is 8. The number of aliphatic imine (C=N–C) groups is 2. The number of guanidine groups is 2. The van der Waals surface area contributed by atoms with Crippen LogP contribution in [0.15, 0.2) is 34.3 Å². The molecule has 0 aromatic heterocycles. The fourth-order valence-corrected chi connectivity index (χ4v) is 2.07. The average molecular weight is 356 g/mol. The van der Waals surface area contributed by atoms with Gasteiger partial charge in [-0.15, -0.1) is 0 Å². The van der Waals surface area contributed by atoms with Crippen LogP contribution in [0.5, 0.6) is 0 Å². The number of anilines is 1. The van der Waals surface area contributed by atoms with E-state index in [2.05, 4.69) is 9.98 Å². The van der Waals surface area contributed by atoms with Crippen molar-refractivity contribution in [3.05, 3.63) is 29.8 Å². The van der Waals surface area contributed by atoms with Crippen LogP contribution < -0.4 is 22.1 Å². The van der Waals surface area contributed by atoms with Gasteiger partial charge < -0.3 is 17.2 Å². The Morgan fingerprint density at radius 3 is 2.33 bits per heavy atom. The molecule has 10 heteroatoms. The lowest BCUT2D eigenvalue weighted by molar-refractivity contribution is 0.484. The highest BCUT2D eigenvalue weighted by atomic mass is 32.2. The SMILES string of the molecule is CC1(C)N=C(N)N=C(N)N1c1cccc(CN)c1.CCS(=O)(=O)O. The molecule has 24 heavy (non-hydrogen) atoms. The molecule has 0 saturated heterocycles. The molecule has 0 unspecified atom stereocenters. The van der Waals surface area contributed by atoms with Gasteiger partial charge in [0.15, 0.2) is 0 Å². The smallest absolute Gasteiger partial charge is 0.264 e. The minimum absolute atomic E-state index is 0.198. The standard InChI is InChI=1S/C12H18N6.C2H6O3S/c1-12(2)17-10(14)16-11(15)18(12)9-5-3-4-8(6-9)7-13;1-2-6(3,4)5/h3-6H,7,13H2,1-2H3,(H4,14,15,16,17);2H2,1H3,(H,3,4,5). The Morgan fingerprint density at radius 1 is 1.29 bits per heavy atom. The second-order valence-corrected chi connectivity index (χ2v) is 7.26. The van der Waals surface area contributed by atoms with Crippen LogP contribution in [-0.4, -0.2) is 36.3 Å². The van der Waals surface area contributed by atoms with Gasteiger partial charge in [-0.25, -0.2) is 4.99 Å². The molecule has 0 saturated carbocycles. The molecule has 1 aliphatic rings. The molecule has 0 atom stereocenters. The lowest BCUT2D eigenvalue weighted by atomic mass is 10.1. The zero-order valence-corrected chi connectivity index (χ0v) is 14.8. The van der Waals surface area contributed by atoms with Crippen molar-refractivity contribution in [1.82, 2.24) is 0 Å². The minimum atomic E-state index is -3.66. The van der Waals surface area contributed by atoms with Crippen LogP contribution in [0, 0.1) is 0 Å². The van der Waals surface area contributed by atoms with Gasteiger partial charge in [-0.05, 0) is 38.5 Å². The first-order valence-electron chi connectivity index (χ1n) is 7.24. The van der Waals surface area contributed by atoms with Crippen molar-refractivity contribution in [2.24, 2.45) is 27.2 Å². The maximum Gasteiger partial charge on any atom is 0.264 e. The molecule has 0 amide bonds. The minimum Gasteiger partial charge on any atom is -0.369 e. The largest absolute Gasteiger partial charge is 0.369 e. The Morgan fingerprint density at radius 2 is 1.88 bits per heavy atom. The zero-order chi connectivity index (χ0) is 18.5. The summed E-state index contributed by atoms with van der Waals surface area (Å²) < 4.78 is 26.9. The first-order valence-corrected chi connectivity index (χ1v) is 8.85. The van der Waals surface area contributed by atoms with Crippen LogP contribution in [0.1, 0.15) is 26.3 Å². The third-order valence-corrected chi connectivity index (χ3v) is 3.89. The van der Waals surface area contributed by atoms with E-state index in [1.807, 2.05) is 43.0 Å². The number of nitrogens with two attached hydrogens (primary N) is 3. The van der Waals surface area contributed by atoms with E-state index < -0.39 is 15.8 Å². The lowest BCUT2D eigenvalue weighted by Gasteiger charge is -2.38. The molecule has 1 aliphatic heterocycles. The molecule has 1 heterocycles. The van der Waals surface area contributed by atoms with E-state index in [9.17, 15) is 8.42 Å². The maximum absolute atomic E-state index is 9.56. The van der Waals surface area contributed by atoms with Crippen LogP contribution in [0.4, 0.5) is 5.69 Å². The number of rotatable bonds is 3. The monoisotopic (exact) mass is 356 g/mol. The van der Waals surface area contributed by atoms with E-state index in [0.29, 0.717) is 12.5 Å². The third-order valence-electron chi connectivity index (χ3n) is 3.16. The molecule has 1 aromatic rings.